The lowest BCUT2D eigenvalue weighted by atomic mass is 9.84. The highest BCUT2D eigenvalue weighted by atomic mass is 16.1. The average molecular weight is 536 g/mol. The zero-order valence-corrected chi connectivity index (χ0v) is 23.3. The molecule has 0 amide bonds. The van der Waals surface area contributed by atoms with Gasteiger partial charge in [-0.25, -0.2) is 9.79 Å². The summed E-state index contributed by atoms with van der Waals surface area (Å²) >= 11 is 0. The van der Waals surface area contributed by atoms with Crippen molar-refractivity contribution in [1.82, 2.24) is 33.7 Å². The summed E-state index contributed by atoms with van der Waals surface area (Å²) in [4.78, 5) is 21.8. The minimum atomic E-state index is -0.0379. The van der Waals surface area contributed by atoms with E-state index in [1.165, 1.54) is 0 Å². The van der Waals surface area contributed by atoms with Crippen LogP contribution in [0.15, 0.2) is 46.6 Å². The molecule has 4 heterocycles. The molecule has 10 heteroatoms. The van der Waals surface area contributed by atoms with Gasteiger partial charge in [0.1, 0.15) is 5.82 Å². The second-order valence-corrected chi connectivity index (χ2v) is 10.9. The number of rotatable bonds is 6. The zero-order chi connectivity index (χ0) is 28.1. The Kier molecular flexibility index (Phi) is 6.29. The van der Waals surface area contributed by atoms with Gasteiger partial charge >= 0.3 is 5.69 Å². The molecule has 0 radical (unpaired) electrons. The van der Waals surface area contributed by atoms with Crippen LogP contribution < -0.4 is 5.69 Å². The smallest absolute Gasteiger partial charge is 0.328 e. The first-order valence-electron chi connectivity index (χ1n) is 13.6. The van der Waals surface area contributed by atoms with Crippen molar-refractivity contribution in [2.75, 3.05) is 0 Å². The molecule has 5 aromatic rings. The number of H-pyrrole nitrogens is 1. The van der Waals surface area contributed by atoms with E-state index in [4.69, 9.17) is 0 Å². The van der Waals surface area contributed by atoms with Crippen LogP contribution in [0.4, 0.5) is 5.82 Å². The molecular formula is C30H33N9O. The van der Waals surface area contributed by atoms with Crippen LogP contribution in [0.2, 0.25) is 0 Å². The first kappa shape index (κ1) is 25.6. The second kappa shape index (κ2) is 9.83. The molecule has 0 bridgehead atoms. The molecule has 204 valence electrons. The maximum atomic E-state index is 13.8. The predicted octanol–water partition coefficient (Wildman–Crippen LogP) is 5.42. The summed E-state index contributed by atoms with van der Waals surface area (Å²) in [6.07, 6.45) is 9.82. The van der Waals surface area contributed by atoms with Crippen molar-refractivity contribution >= 4 is 23.4 Å². The van der Waals surface area contributed by atoms with Gasteiger partial charge in [-0.05, 0) is 62.9 Å². The number of nitrogens with zero attached hydrogens (tertiary/aromatic N) is 8. The average Bonchev–Trinajstić information content (AvgIpc) is 3.71. The molecular weight excluding hydrogens is 502 g/mol. The van der Waals surface area contributed by atoms with E-state index >= 15 is 0 Å². The second-order valence-electron chi connectivity index (χ2n) is 10.9. The summed E-state index contributed by atoms with van der Waals surface area (Å²) in [5.41, 5.74) is 7.29. The van der Waals surface area contributed by atoms with Gasteiger partial charge in [0.05, 0.1) is 40.9 Å². The van der Waals surface area contributed by atoms with E-state index < -0.39 is 0 Å². The summed E-state index contributed by atoms with van der Waals surface area (Å²) < 4.78 is 7.33. The lowest BCUT2D eigenvalue weighted by molar-refractivity contribution is 0.274. The van der Waals surface area contributed by atoms with Crippen LogP contribution >= 0.6 is 0 Å². The number of hydrogen-bond acceptors (Lipinski definition) is 5. The third-order valence-corrected chi connectivity index (χ3v) is 8.54. The number of imidazole rings is 1. The van der Waals surface area contributed by atoms with Crippen LogP contribution in [-0.4, -0.2) is 40.4 Å². The Labute approximate surface area is 232 Å². The molecule has 10 nitrogen and oxygen atoms in total. The molecule has 1 aliphatic rings. The van der Waals surface area contributed by atoms with Crippen LogP contribution in [0.3, 0.4) is 0 Å². The van der Waals surface area contributed by atoms with Crippen molar-refractivity contribution in [1.29, 1.82) is 5.26 Å². The number of aliphatic imine (C=N–C) groups is 1. The summed E-state index contributed by atoms with van der Waals surface area (Å²) in [5, 5.41) is 19.1. The predicted molar refractivity (Wildman–Crippen MR) is 157 cm³/mol. The minimum absolute atomic E-state index is 0.0379. The maximum absolute atomic E-state index is 13.8. The van der Waals surface area contributed by atoms with Crippen molar-refractivity contribution in [2.24, 2.45) is 32.1 Å². The molecule has 0 atom stereocenters. The Morgan fingerprint density at radius 2 is 1.88 bits per heavy atom. The number of nitrogens with one attached hydrogen (secondary N) is 1. The van der Waals surface area contributed by atoms with Gasteiger partial charge in [-0.2, -0.15) is 15.5 Å². The highest BCUT2D eigenvalue weighted by Gasteiger charge is 2.32. The molecule has 1 saturated carbocycles. The van der Waals surface area contributed by atoms with Gasteiger partial charge in [0, 0.05) is 62.0 Å². The van der Waals surface area contributed by atoms with E-state index in [9.17, 15) is 10.1 Å². The Bertz CT molecular complexity index is 1840. The lowest BCUT2D eigenvalue weighted by Gasteiger charge is -2.29. The summed E-state index contributed by atoms with van der Waals surface area (Å²) in [5.74, 6) is 1.00. The molecule has 1 fully saturated rings. The fourth-order valence-corrected chi connectivity index (χ4v) is 6.32. The molecule has 40 heavy (non-hydrogen) atoms. The largest absolute Gasteiger partial charge is 0.339 e. The van der Waals surface area contributed by atoms with Gasteiger partial charge < -0.3 is 4.98 Å². The molecule has 1 N–H and O–H groups in total. The number of fused-ring (bicyclic) bond motifs is 1. The van der Waals surface area contributed by atoms with Crippen molar-refractivity contribution in [2.45, 2.75) is 45.1 Å². The highest BCUT2D eigenvalue weighted by molar-refractivity contribution is 6.00. The van der Waals surface area contributed by atoms with Crippen molar-refractivity contribution in [3.63, 3.8) is 0 Å². The number of aromatic nitrogens is 7. The first-order valence-corrected chi connectivity index (χ1v) is 13.6. The van der Waals surface area contributed by atoms with E-state index in [1.807, 2.05) is 55.9 Å². The number of nitriles is 1. The number of aryl methyl sites for hydroxylation is 2. The van der Waals surface area contributed by atoms with E-state index in [1.54, 1.807) is 9.25 Å². The monoisotopic (exact) mass is 535 g/mol. The van der Waals surface area contributed by atoms with E-state index in [0.717, 1.165) is 75.9 Å². The van der Waals surface area contributed by atoms with Gasteiger partial charge in [-0.1, -0.05) is 6.07 Å². The Hall–Kier alpha value is -4.65. The van der Waals surface area contributed by atoms with Gasteiger partial charge in [0.25, 0.3) is 0 Å². The van der Waals surface area contributed by atoms with Crippen LogP contribution in [0.5, 0.6) is 0 Å². The minimum Gasteiger partial charge on any atom is -0.339 e. The molecule has 0 saturated heterocycles. The summed E-state index contributed by atoms with van der Waals surface area (Å²) in [6.45, 7) is 5.90. The van der Waals surface area contributed by atoms with Gasteiger partial charge in [0.15, 0.2) is 0 Å². The molecule has 4 aromatic heterocycles. The fraction of sp³-hybridized carbons (Fsp3) is 0.367. The Morgan fingerprint density at radius 3 is 2.55 bits per heavy atom. The van der Waals surface area contributed by atoms with Crippen LogP contribution in [0.25, 0.3) is 44.5 Å². The standard InChI is InChI=1S/C30H33N9O/c1-18-28(39(30(40)37(18)4)23-9-6-19(7-10-23)12-13-31)26-25(20-8-11-24-21(14-20)15-34-38(24)5)27(35-29(26)32-2)22-16-33-36(3)17-22/h8,11,14-17,19,23,35H,2,6-7,9-10,12H2,1,3-5H3. The van der Waals surface area contributed by atoms with Gasteiger partial charge in [-0.15, -0.1) is 0 Å². The van der Waals surface area contributed by atoms with Crippen molar-refractivity contribution in [3.8, 4) is 39.7 Å². The molecule has 6 rings (SSSR count). The van der Waals surface area contributed by atoms with Crippen molar-refractivity contribution < 1.29 is 0 Å². The molecule has 1 aromatic carbocycles. The van der Waals surface area contributed by atoms with Crippen LogP contribution in [0.1, 0.15) is 43.8 Å². The molecule has 0 unspecified atom stereocenters. The van der Waals surface area contributed by atoms with Crippen LogP contribution in [-0.2, 0) is 21.1 Å². The molecule has 0 aliphatic heterocycles. The fourth-order valence-electron chi connectivity index (χ4n) is 6.32. The normalized spacial score (nSPS) is 17.4. The number of aromatic amines is 1. The van der Waals surface area contributed by atoms with Crippen LogP contribution in [0, 0.1) is 24.2 Å². The zero-order valence-electron chi connectivity index (χ0n) is 23.3. The third-order valence-electron chi connectivity index (χ3n) is 8.54. The summed E-state index contributed by atoms with van der Waals surface area (Å²) in [6, 6.07) is 8.66. The first-order chi connectivity index (χ1) is 19.3. The topological polar surface area (TPSA) is 115 Å². The van der Waals surface area contributed by atoms with E-state index in [0.29, 0.717) is 18.2 Å². The quantitative estimate of drug-likeness (QED) is 0.292. The molecule has 1 aliphatic carbocycles. The maximum Gasteiger partial charge on any atom is 0.328 e. The Morgan fingerprint density at radius 1 is 1.10 bits per heavy atom. The number of benzene rings is 1. The number of hydrogen-bond donors (Lipinski definition) is 1. The Balaban J connectivity index is 1.62. The third kappa shape index (κ3) is 4.01. The highest BCUT2D eigenvalue weighted by Crippen LogP contribution is 2.48. The van der Waals surface area contributed by atoms with Crippen molar-refractivity contribution in [3.05, 3.63) is 53.0 Å². The summed E-state index contributed by atoms with van der Waals surface area (Å²) in [7, 11) is 5.65. The van der Waals surface area contributed by atoms with Gasteiger partial charge in [-0.3, -0.25) is 18.5 Å². The lowest BCUT2D eigenvalue weighted by Crippen LogP contribution is -2.29. The molecule has 0 spiro atoms. The SMILES string of the molecule is C=Nc1[nH]c(-c2cnn(C)c2)c(-c2ccc3c(cnn3C)c2)c1-c1c(C)n(C)c(=O)n1C1CCC(CC#N)CC1. The van der Waals surface area contributed by atoms with Gasteiger partial charge in [0.2, 0.25) is 0 Å². The van der Waals surface area contributed by atoms with E-state index in [2.05, 4.69) is 51.2 Å². The van der Waals surface area contributed by atoms with E-state index in [-0.39, 0.29) is 11.7 Å².